The molecule has 1 N–H and O–H groups in total. The minimum Gasteiger partial charge on any atom is -0.383 e. The van der Waals surface area contributed by atoms with Crippen LogP contribution in [0.5, 0.6) is 0 Å². The molecule has 1 aromatic carbocycles. The van der Waals surface area contributed by atoms with E-state index in [1.807, 2.05) is 35.9 Å². The maximum atomic E-state index is 12.4. The summed E-state index contributed by atoms with van der Waals surface area (Å²) in [6.45, 7) is 1.62. The summed E-state index contributed by atoms with van der Waals surface area (Å²) >= 11 is 0. The van der Waals surface area contributed by atoms with E-state index in [9.17, 15) is 4.79 Å². The van der Waals surface area contributed by atoms with E-state index in [1.54, 1.807) is 36.1 Å². The van der Waals surface area contributed by atoms with Crippen molar-refractivity contribution < 1.29 is 9.53 Å². The summed E-state index contributed by atoms with van der Waals surface area (Å²) in [6.07, 6.45) is 3.40. The summed E-state index contributed by atoms with van der Waals surface area (Å²) in [5, 5.41) is 7.02. The number of para-hydroxylation sites is 2. The SMILES string of the molecule is COCCn1cc(NC(=O)N(C)Cc2nc3ccccc3n2C)cn1. The average Bonchev–Trinajstić information content (AvgIpc) is 3.18. The zero-order valence-electron chi connectivity index (χ0n) is 14.6. The number of hydrogen-bond donors (Lipinski definition) is 1. The Labute approximate surface area is 146 Å². The van der Waals surface area contributed by atoms with Crippen LogP contribution < -0.4 is 5.32 Å². The summed E-state index contributed by atoms with van der Waals surface area (Å²) in [7, 11) is 5.34. The van der Waals surface area contributed by atoms with E-state index in [0.29, 0.717) is 25.4 Å². The molecule has 2 amide bonds. The van der Waals surface area contributed by atoms with Crippen LogP contribution in [-0.2, 0) is 24.9 Å². The second-order valence-electron chi connectivity index (χ2n) is 5.85. The predicted molar refractivity (Wildman–Crippen MR) is 95.3 cm³/mol. The normalized spacial score (nSPS) is 11.0. The second-order valence-corrected chi connectivity index (χ2v) is 5.85. The molecule has 3 rings (SSSR count). The number of urea groups is 1. The van der Waals surface area contributed by atoms with Crippen LogP contribution >= 0.6 is 0 Å². The lowest BCUT2D eigenvalue weighted by atomic mass is 10.3. The molecule has 2 aromatic heterocycles. The van der Waals surface area contributed by atoms with E-state index in [2.05, 4.69) is 15.4 Å². The summed E-state index contributed by atoms with van der Waals surface area (Å²) in [4.78, 5) is 18.6. The van der Waals surface area contributed by atoms with Crippen molar-refractivity contribution in [3.8, 4) is 0 Å². The predicted octanol–water partition coefficient (Wildman–Crippen LogP) is 2.08. The third-order valence-electron chi connectivity index (χ3n) is 4.01. The molecule has 0 fully saturated rings. The van der Waals surface area contributed by atoms with Crippen molar-refractivity contribution >= 4 is 22.8 Å². The average molecular weight is 342 g/mol. The minimum absolute atomic E-state index is 0.210. The first kappa shape index (κ1) is 17.0. The van der Waals surface area contributed by atoms with Crippen LogP contribution in [0.15, 0.2) is 36.7 Å². The van der Waals surface area contributed by atoms with Crippen LogP contribution in [-0.4, -0.2) is 51.0 Å². The maximum absolute atomic E-state index is 12.4. The number of aryl methyl sites for hydroxylation is 1. The molecule has 25 heavy (non-hydrogen) atoms. The zero-order chi connectivity index (χ0) is 17.8. The van der Waals surface area contributed by atoms with Crippen molar-refractivity contribution in [3.05, 3.63) is 42.5 Å². The highest BCUT2D eigenvalue weighted by Gasteiger charge is 2.14. The van der Waals surface area contributed by atoms with Crippen LogP contribution in [0, 0.1) is 0 Å². The van der Waals surface area contributed by atoms with Crippen LogP contribution in [0.4, 0.5) is 10.5 Å². The lowest BCUT2D eigenvalue weighted by Gasteiger charge is -2.17. The fourth-order valence-electron chi connectivity index (χ4n) is 2.57. The van der Waals surface area contributed by atoms with Crippen LogP contribution in [0.25, 0.3) is 11.0 Å². The number of rotatable bonds is 6. The van der Waals surface area contributed by atoms with Gasteiger partial charge in [-0.15, -0.1) is 0 Å². The second kappa shape index (κ2) is 7.35. The summed E-state index contributed by atoms with van der Waals surface area (Å²) in [6, 6.07) is 7.70. The van der Waals surface area contributed by atoms with Gasteiger partial charge in [0, 0.05) is 27.4 Å². The number of amides is 2. The molecule has 0 saturated carbocycles. The van der Waals surface area contributed by atoms with Gasteiger partial charge in [-0.05, 0) is 12.1 Å². The van der Waals surface area contributed by atoms with E-state index in [-0.39, 0.29) is 6.03 Å². The molecule has 0 radical (unpaired) electrons. The first-order valence-corrected chi connectivity index (χ1v) is 8.02. The molecule has 0 aliphatic heterocycles. The number of carbonyl (C=O) groups is 1. The molecular weight excluding hydrogens is 320 g/mol. The van der Waals surface area contributed by atoms with Crippen molar-refractivity contribution in [3.63, 3.8) is 0 Å². The van der Waals surface area contributed by atoms with E-state index < -0.39 is 0 Å². The molecule has 0 aliphatic carbocycles. The Kier molecular flexibility index (Phi) is 4.99. The highest BCUT2D eigenvalue weighted by molar-refractivity contribution is 5.88. The van der Waals surface area contributed by atoms with E-state index in [1.165, 1.54) is 0 Å². The standard InChI is InChI=1S/C17H22N6O2/c1-21(12-16-20-14-6-4-5-7-15(14)22(16)2)17(24)19-13-10-18-23(11-13)8-9-25-3/h4-7,10-11H,8-9,12H2,1-3H3,(H,19,24). The highest BCUT2D eigenvalue weighted by atomic mass is 16.5. The van der Waals surface area contributed by atoms with Gasteiger partial charge in [0.1, 0.15) is 5.82 Å². The molecule has 8 nitrogen and oxygen atoms in total. The summed E-state index contributed by atoms with van der Waals surface area (Å²) in [5.41, 5.74) is 2.62. The van der Waals surface area contributed by atoms with Crippen molar-refractivity contribution in [2.75, 3.05) is 26.1 Å². The molecule has 3 aromatic rings. The number of fused-ring (bicyclic) bond motifs is 1. The topological polar surface area (TPSA) is 77.2 Å². The van der Waals surface area contributed by atoms with Gasteiger partial charge in [-0.3, -0.25) is 4.68 Å². The molecule has 0 atom stereocenters. The number of aromatic nitrogens is 4. The van der Waals surface area contributed by atoms with E-state index in [4.69, 9.17) is 4.74 Å². The zero-order valence-corrected chi connectivity index (χ0v) is 14.6. The fourth-order valence-corrected chi connectivity index (χ4v) is 2.57. The van der Waals surface area contributed by atoms with E-state index in [0.717, 1.165) is 16.9 Å². The Hall–Kier alpha value is -2.87. The molecule has 0 spiro atoms. The van der Waals surface area contributed by atoms with Crippen LogP contribution in [0.3, 0.4) is 0 Å². The third kappa shape index (κ3) is 3.80. The molecule has 0 aliphatic rings. The number of nitrogens with one attached hydrogen (secondary N) is 1. The van der Waals surface area contributed by atoms with Crippen LogP contribution in [0.1, 0.15) is 5.82 Å². The molecule has 2 heterocycles. The number of imidazole rings is 1. The first-order valence-electron chi connectivity index (χ1n) is 8.02. The smallest absolute Gasteiger partial charge is 0.322 e. The summed E-state index contributed by atoms with van der Waals surface area (Å²) in [5.74, 6) is 0.828. The number of ether oxygens (including phenoxy) is 1. The van der Waals surface area contributed by atoms with E-state index >= 15 is 0 Å². The van der Waals surface area contributed by atoms with Gasteiger partial charge < -0.3 is 19.5 Å². The maximum Gasteiger partial charge on any atom is 0.322 e. The fraction of sp³-hybridized carbons (Fsp3) is 0.353. The Morgan fingerprint density at radius 3 is 2.92 bits per heavy atom. The Bertz CT molecular complexity index is 869. The number of hydrogen-bond acceptors (Lipinski definition) is 4. The number of anilines is 1. The van der Waals surface area contributed by atoms with Crippen molar-refractivity contribution in [1.29, 1.82) is 0 Å². The molecular formula is C17H22N6O2. The lowest BCUT2D eigenvalue weighted by Crippen LogP contribution is -2.31. The van der Waals surface area contributed by atoms with Gasteiger partial charge in [-0.2, -0.15) is 5.10 Å². The first-order chi connectivity index (χ1) is 12.1. The van der Waals surface area contributed by atoms with Gasteiger partial charge in [0.25, 0.3) is 0 Å². The van der Waals surface area contributed by atoms with Gasteiger partial charge in [0.05, 0.1) is 42.6 Å². The van der Waals surface area contributed by atoms with Gasteiger partial charge >= 0.3 is 6.03 Å². The van der Waals surface area contributed by atoms with Gasteiger partial charge in [0.2, 0.25) is 0 Å². The van der Waals surface area contributed by atoms with Gasteiger partial charge in [0.15, 0.2) is 0 Å². The monoisotopic (exact) mass is 342 g/mol. The minimum atomic E-state index is -0.210. The Morgan fingerprint density at radius 1 is 1.36 bits per heavy atom. The Morgan fingerprint density at radius 2 is 2.16 bits per heavy atom. The number of methoxy groups -OCH3 is 1. The molecule has 132 valence electrons. The quantitative estimate of drug-likeness (QED) is 0.744. The van der Waals surface area contributed by atoms with Crippen LogP contribution in [0.2, 0.25) is 0 Å². The van der Waals surface area contributed by atoms with Crippen molar-refractivity contribution in [2.24, 2.45) is 7.05 Å². The molecule has 0 saturated heterocycles. The van der Waals surface area contributed by atoms with Crippen molar-refractivity contribution in [1.82, 2.24) is 24.2 Å². The molecule has 0 unspecified atom stereocenters. The summed E-state index contributed by atoms with van der Waals surface area (Å²) < 4.78 is 8.74. The van der Waals surface area contributed by atoms with Gasteiger partial charge in [-0.1, -0.05) is 12.1 Å². The highest BCUT2D eigenvalue weighted by Crippen LogP contribution is 2.15. The van der Waals surface area contributed by atoms with Gasteiger partial charge in [-0.25, -0.2) is 9.78 Å². The Balaban J connectivity index is 1.64. The van der Waals surface area contributed by atoms with Crippen molar-refractivity contribution in [2.45, 2.75) is 13.1 Å². The number of carbonyl (C=O) groups excluding carboxylic acids is 1. The molecule has 8 heteroatoms. The third-order valence-corrected chi connectivity index (χ3v) is 4.01. The molecule has 0 bridgehead atoms. The number of benzene rings is 1. The number of nitrogens with zero attached hydrogens (tertiary/aromatic N) is 5. The largest absolute Gasteiger partial charge is 0.383 e. The lowest BCUT2D eigenvalue weighted by molar-refractivity contribution is 0.183.